The highest BCUT2D eigenvalue weighted by atomic mass is 32.1. The van der Waals surface area contributed by atoms with Gasteiger partial charge in [-0.25, -0.2) is 4.98 Å². The third kappa shape index (κ3) is 1.86. The Balaban J connectivity index is 2.19. The summed E-state index contributed by atoms with van der Waals surface area (Å²) in [6.45, 7) is 0.420. The molecule has 0 amide bonds. The summed E-state index contributed by atoms with van der Waals surface area (Å²) < 4.78 is 0. The Morgan fingerprint density at radius 2 is 2.21 bits per heavy atom. The molecule has 14 heavy (non-hydrogen) atoms. The van der Waals surface area contributed by atoms with Gasteiger partial charge in [0.2, 0.25) is 0 Å². The lowest BCUT2D eigenvalue weighted by atomic mass is 10.0. The number of nitrogens with two attached hydrogens (primary N) is 1. The van der Waals surface area contributed by atoms with Crippen molar-refractivity contribution < 1.29 is 4.79 Å². The van der Waals surface area contributed by atoms with Crippen LogP contribution in [0.15, 0.2) is 0 Å². The van der Waals surface area contributed by atoms with Gasteiger partial charge in [-0.1, -0.05) is 0 Å². The number of carbonyl (C=O) groups is 1. The van der Waals surface area contributed by atoms with Gasteiger partial charge in [-0.15, -0.1) is 11.3 Å². The van der Waals surface area contributed by atoms with Gasteiger partial charge in [0.25, 0.3) is 0 Å². The SMILES string of the molecule is NCCC(=O)c1nc2c(s1)CCCC2. The maximum absolute atomic E-state index is 11.5. The Morgan fingerprint density at radius 1 is 1.43 bits per heavy atom. The number of hydrogen-bond donors (Lipinski definition) is 1. The van der Waals surface area contributed by atoms with Crippen molar-refractivity contribution in [2.75, 3.05) is 6.54 Å². The number of fused-ring (bicyclic) bond motifs is 1. The van der Waals surface area contributed by atoms with Crippen LogP contribution in [0.25, 0.3) is 0 Å². The van der Waals surface area contributed by atoms with Gasteiger partial charge in [0.1, 0.15) is 0 Å². The van der Waals surface area contributed by atoms with Crippen LogP contribution in [-0.4, -0.2) is 17.3 Å². The van der Waals surface area contributed by atoms with E-state index in [2.05, 4.69) is 4.98 Å². The van der Waals surface area contributed by atoms with Crippen LogP contribution in [0.4, 0.5) is 0 Å². The highest BCUT2D eigenvalue weighted by Crippen LogP contribution is 2.27. The summed E-state index contributed by atoms with van der Waals surface area (Å²) in [7, 11) is 0. The minimum absolute atomic E-state index is 0.104. The fourth-order valence-corrected chi connectivity index (χ4v) is 2.83. The Labute approximate surface area is 87.3 Å². The second-order valence-corrected chi connectivity index (χ2v) is 4.64. The number of aryl methyl sites for hydroxylation is 2. The maximum atomic E-state index is 11.5. The van der Waals surface area contributed by atoms with Gasteiger partial charge in [0.05, 0.1) is 5.69 Å². The second kappa shape index (κ2) is 4.19. The topological polar surface area (TPSA) is 56.0 Å². The van der Waals surface area contributed by atoms with Crippen LogP contribution in [0.5, 0.6) is 0 Å². The molecule has 76 valence electrons. The summed E-state index contributed by atoms with van der Waals surface area (Å²) in [4.78, 5) is 17.2. The number of ketones is 1. The number of thiazole rings is 1. The molecule has 2 N–H and O–H groups in total. The van der Waals surface area contributed by atoms with Crippen molar-refractivity contribution in [3.63, 3.8) is 0 Å². The minimum atomic E-state index is 0.104. The monoisotopic (exact) mass is 210 g/mol. The molecule has 0 atom stereocenters. The van der Waals surface area contributed by atoms with E-state index in [1.807, 2.05) is 0 Å². The van der Waals surface area contributed by atoms with E-state index in [0.717, 1.165) is 18.5 Å². The van der Waals surface area contributed by atoms with Crippen LogP contribution in [0.1, 0.15) is 39.6 Å². The number of nitrogens with zero attached hydrogens (tertiary/aromatic N) is 1. The van der Waals surface area contributed by atoms with Crippen LogP contribution >= 0.6 is 11.3 Å². The van der Waals surface area contributed by atoms with Gasteiger partial charge in [0, 0.05) is 11.3 Å². The molecule has 1 aromatic rings. The van der Waals surface area contributed by atoms with E-state index in [1.165, 1.54) is 17.7 Å². The highest BCUT2D eigenvalue weighted by molar-refractivity contribution is 7.13. The Hall–Kier alpha value is -0.740. The van der Waals surface area contributed by atoms with Crippen molar-refractivity contribution >= 4 is 17.1 Å². The quantitative estimate of drug-likeness (QED) is 0.770. The second-order valence-electron chi connectivity index (χ2n) is 3.56. The van der Waals surface area contributed by atoms with Crippen molar-refractivity contribution in [3.05, 3.63) is 15.6 Å². The Bertz CT molecular complexity index is 322. The van der Waals surface area contributed by atoms with E-state index in [-0.39, 0.29) is 5.78 Å². The van der Waals surface area contributed by atoms with E-state index in [0.29, 0.717) is 18.0 Å². The zero-order chi connectivity index (χ0) is 9.97. The van der Waals surface area contributed by atoms with Crippen LogP contribution in [-0.2, 0) is 12.8 Å². The smallest absolute Gasteiger partial charge is 0.192 e. The van der Waals surface area contributed by atoms with Crippen LogP contribution in [0.2, 0.25) is 0 Å². The summed E-state index contributed by atoms with van der Waals surface area (Å²) in [5.74, 6) is 0.104. The standard InChI is InChI=1S/C10H14N2OS/c11-6-5-8(13)10-12-7-3-1-2-4-9(7)14-10/h1-6,11H2. The Kier molecular flexibility index (Phi) is 2.93. The molecule has 0 saturated heterocycles. The third-order valence-electron chi connectivity index (χ3n) is 2.46. The molecule has 4 heteroatoms. The highest BCUT2D eigenvalue weighted by Gasteiger charge is 2.18. The summed E-state index contributed by atoms with van der Waals surface area (Å²) in [5.41, 5.74) is 6.50. The molecule has 0 spiro atoms. The number of rotatable bonds is 3. The summed E-state index contributed by atoms with van der Waals surface area (Å²) in [6.07, 6.45) is 5.01. The molecule has 0 saturated carbocycles. The molecule has 0 radical (unpaired) electrons. The molecule has 0 aliphatic heterocycles. The molecule has 3 nitrogen and oxygen atoms in total. The average molecular weight is 210 g/mol. The summed E-state index contributed by atoms with van der Waals surface area (Å²) in [5, 5.41) is 0.669. The number of hydrogen-bond acceptors (Lipinski definition) is 4. The largest absolute Gasteiger partial charge is 0.330 e. The molecule has 0 unspecified atom stereocenters. The predicted molar refractivity (Wildman–Crippen MR) is 56.8 cm³/mol. The lowest BCUT2D eigenvalue weighted by molar-refractivity contribution is 0.0985. The zero-order valence-corrected chi connectivity index (χ0v) is 8.90. The predicted octanol–water partition coefficient (Wildman–Crippen LogP) is 1.55. The molecule has 2 rings (SSSR count). The van der Waals surface area contributed by atoms with E-state index in [1.54, 1.807) is 11.3 Å². The molecule has 1 heterocycles. The average Bonchev–Trinajstić information content (AvgIpc) is 2.61. The molecular weight excluding hydrogens is 196 g/mol. The fourth-order valence-electron chi connectivity index (χ4n) is 1.71. The molecule has 0 bridgehead atoms. The van der Waals surface area contributed by atoms with Crippen LogP contribution in [0, 0.1) is 0 Å². The van der Waals surface area contributed by atoms with Crippen molar-refractivity contribution in [2.24, 2.45) is 5.73 Å². The van der Waals surface area contributed by atoms with E-state index in [4.69, 9.17) is 5.73 Å². The van der Waals surface area contributed by atoms with E-state index in [9.17, 15) is 4.79 Å². The van der Waals surface area contributed by atoms with Gasteiger partial charge < -0.3 is 5.73 Å². The molecule has 0 aromatic carbocycles. The molecular formula is C10H14N2OS. The van der Waals surface area contributed by atoms with Gasteiger partial charge >= 0.3 is 0 Å². The number of Topliss-reactive ketones (excluding diaryl/α,β-unsaturated/α-hetero) is 1. The first-order chi connectivity index (χ1) is 6.81. The first-order valence-corrected chi connectivity index (χ1v) is 5.84. The van der Waals surface area contributed by atoms with Gasteiger partial charge in [0.15, 0.2) is 10.8 Å². The molecule has 1 aromatic heterocycles. The zero-order valence-electron chi connectivity index (χ0n) is 8.08. The van der Waals surface area contributed by atoms with Crippen molar-refractivity contribution in [1.82, 2.24) is 4.98 Å². The third-order valence-corrected chi connectivity index (χ3v) is 3.65. The minimum Gasteiger partial charge on any atom is -0.330 e. The summed E-state index contributed by atoms with van der Waals surface area (Å²) >= 11 is 1.57. The molecule has 1 aliphatic rings. The summed E-state index contributed by atoms with van der Waals surface area (Å²) in [6, 6.07) is 0. The van der Waals surface area contributed by atoms with Crippen molar-refractivity contribution in [3.8, 4) is 0 Å². The van der Waals surface area contributed by atoms with Gasteiger partial charge in [-0.05, 0) is 32.2 Å². The number of carbonyl (C=O) groups excluding carboxylic acids is 1. The fraction of sp³-hybridized carbons (Fsp3) is 0.600. The van der Waals surface area contributed by atoms with Gasteiger partial charge in [-0.3, -0.25) is 4.79 Å². The van der Waals surface area contributed by atoms with Crippen molar-refractivity contribution in [2.45, 2.75) is 32.1 Å². The Morgan fingerprint density at radius 3 is 2.93 bits per heavy atom. The normalized spacial score (nSPS) is 15.2. The number of aromatic nitrogens is 1. The van der Waals surface area contributed by atoms with E-state index >= 15 is 0 Å². The molecule has 0 fully saturated rings. The van der Waals surface area contributed by atoms with E-state index < -0.39 is 0 Å². The first kappa shape index (κ1) is 9.80. The lowest BCUT2D eigenvalue weighted by Gasteiger charge is -2.06. The van der Waals surface area contributed by atoms with Crippen molar-refractivity contribution in [1.29, 1.82) is 0 Å². The van der Waals surface area contributed by atoms with Gasteiger partial charge in [-0.2, -0.15) is 0 Å². The lowest BCUT2D eigenvalue weighted by Crippen LogP contribution is -2.07. The van der Waals surface area contributed by atoms with Crippen LogP contribution in [0.3, 0.4) is 0 Å². The molecule has 1 aliphatic carbocycles. The maximum Gasteiger partial charge on any atom is 0.192 e. The van der Waals surface area contributed by atoms with Crippen LogP contribution < -0.4 is 5.73 Å². The first-order valence-electron chi connectivity index (χ1n) is 5.03.